The molecule has 1 atom stereocenters. The van der Waals surface area contributed by atoms with Gasteiger partial charge in [0, 0.05) is 5.56 Å². The van der Waals surface area contributed by atoms with Crippen molar-refractivity contribution in [3.05, 3.63) is 29.3 Å². The lowest BCUT2D eigenvalue weighted by atomic mass is 10.1. The van der Waals surface area contributed by atoms with Gasteiger partial charge in [-0.05, 0) is 31.0 Å². The summed E-state index contributed by atoms with van der Waals surface area (Å²) in [6.45, 7) is 3.55. The Balaban J connectivity index is 3.14. The van der Waals surface area contributed by atoms with Crippen molar-refractivity contribution in [3.8, 4) is 12.3 Å². The monoisotopic (exact) mass is 280 g/mol. The van der Waals surface area contributed by atoms with Gasteiger partial charge in [0.2, 0.25) is 10.0 Å². The van der Waals surface area contributed by atoms with Gasteiger partial charge in [-0.25, -0.2) is 13.6 Å². The number of rotatable bonds is 4. The fraction of sp³-hybridized carbons (Fsp3) is 0.308. The number of aryl methyl sites for hydroxylation is 1. The molecule has 5 nitrogen and oxygen atoms in total. The third-order valence-electron chi connectivity index (χ3n) is 2.70. The molecule has 0 spiro atoms. The molecule has 0 aliphatic heterocycles. The maximum Gasteiger partial charge on any atom is 0.252 e. The number of carbonyl (C=O) groups excluding carboxylic acids is 1. The van der Waals surface area contributed by atoms with Crippen LogP contribution in [0.4, 0.5) is 0 Å². The number of nitrogens with one attached hydrogen (secondary N) is 1. The largest absolute Gasteiger partial charge is 0.338 e. The van der Waals surface area contributed by atoms with Crippen molar-refractivity contribution in [2.45, 2.75) is 31.2 Å². The zero-order valence-electron chi connectivity index (χ0n) is 10.8. The van der Waals surface area contributed by atoms with Crippen LogP contribution in [0.3, 0.4) is 0 Å². The fourth-order valence-electron chi connectivity index (χ4n) is 1.52. The number of nitrogens with two attached hydrogens (primary N) is 1. The number of benzene rings is 1. The fourth-order valence-corrected chi connectivity index (χ4v) is 2.06. The second kappa shape index (κ2) is 5.87. The van der Waals surface area contributed by atoms with Gasteiger partial charge in [0.15, 0.2) is 0 Å². The van der Waals surface area contributed by atoms with Crippen LogP contribution in [0.1, 0.15) is 29.3 Å². The summed E-state index contributed by atoms with van der Waals surface area (Å²) >= 11 is 0. The number of amides is 1. The minimum absolute atomic E-state index is 0.1000. The molecule has 0 bridgehead atoms. The summed E-state index contributed by atoms with van der Waals surface area (Å²) in [5, 5.41) is 7.68. The van der Waals surface area contributed by atoms with Crippen LogP contribution in [0.15, 0.2) is 23.1 Å². The number of carbonyl (C=O) groups is 1. The van der Waals surface area contributed by atoms with Crippen LogP contribution >= 0.6 is 0 Å². The standard InChI is InChI=1S/C13H16N2O3S/c1-4-10(5-2)15-13(16)12-8-11(19(14,17)18)7-6-9(12)3/h1,6-8,10H,5H2,2-3H3,(H,15,16)(H2,14,17,18). The molecule has 1 unspecified atom stereocenters. The molecule has 0 saturated heterocycles. The third kappa shape index (κ3) is 3.81. The van der Waals surface area contributed by atoms with Crippen molar-refractivity contribution in [1.82, 2.24) is 5.32 Å². The van der Waals surface area contributed by atoms with Crippen LogP contribution in [-0.2, 0) is 10.0 Å². The molecule has 0 aliphatic rings. The van der Waals surface area contributed by atoms with E-state index in [0.717, 1.165) is 0 Å². The number of primary sulfonamides is 1. The highest BCUT2D eigenvalue weighted by molar-refractivity contribution is 7.89. The summed E-state index contributed by atoms with van der Waals surface area (Å²) < 4.78 is 22.5. The van der Waals surface area contributed by atoms with Gasteiger partial charge in [0.1, 0.15) is 0 Å². The maximum absolute atomic E-state index is 12.0. The van der Waals surface area contributed by atoms with Gasteiger partial charge < -0.3 is 5.32 Å². The van der Waals surface area contributed by atoms with Gasteiger partial charge in [-0.2, -0.15) is 0 Å². The van der Waals surface area contributed by atoms with Gasteiger partial charge in [0.05, 0.1) is 10.9 Å². The molecule has 0 saturated carbocycles. The van der Waals surface area contributed by atoms with Gasteiger partial charge in [0.25, 0.3) is 5.91 Å². The summed E-state index contributed by atoms with van der Waals surface area (Å²) in [6, 6.07) is 3.76. The SMILES string of the molecule is C#CC(CC)NC(=O)c1cc(S(N)(=O)=O)ccc1C. The molecule has 6 heteroatoms. The Labute approximate surface area is 113 Å². The van der Waals surface area contributed by atoms with Crippen molar-refractivity contribution >= 4 is 15.9 Å². The van der Waals surface area contributed by atoms with E-state index in [1.807, 2.05) is 6.92 Å². The topological polar surface area (TPSA) is 89.3 Å². The maximum atomic E-state index is 12.0. The molecule has 102 valence electrons. The minimum atomic E-state index is -3.84. The smallest absolute Gasteiger partial charge is 0.252 e. The summed E-state index contributed by atoms with van der Waals surface area (Å²) in [6.07, 6.45) is 5.86. The van der Waals surface area contributed by atoms with Gasteiger partial charge >= 0.3 is 0 Å². The highest BCUT2D eigenvalue weighted by Gasteiger charge is 2.16. The molecular formula is C13H16N2O3S. The van der Waals surface area contributed by atoms with E-state index in [1.54, 1.807) is 6.92 Å². The molecule has 0 radical (unpaired) electrons. The van der Waals surface area contributed by atoms with Crippen molar-refractivity contribution in [1.29, 1.82) is 0 Å². The van der Waals surface area contributed by atoms with Crippen molar-refractivity contribution in [2.24, 2.45) is 5.14 Å². The number of sulfonamides is 1. The number of hydrogen-bond acceptors (Lipinski definition) is 3. The first-order valence-corrected chi connectivity index (χ1v) is 7.24. The van der Waals surface area contributed by atoms with Gasteiger partial charge in [-0.15, -0.1) is 6.42 Å². The predicted octanol–water partition coefficient (Wildman–Crippen LogP) is 0.784. The van der Waals surface area contributed by atoms with E-state index in [2.05, 4.69) is 11.2 Å². The molecule has 0 aliphatic carbocycles. The first kappa shape index (κ1) is 15.2. The zero-order valence-corrected chi connectivity index (χ0v) is 11.6. The van der Waals surface area contributed by atoms with Crippen molar-refractivity contribution < 1.29 is 13.2 Å². The molecule has 0 aromatic heterocycles. The van der Waals surface area contributed by atoms with Crippen LogP contribution in [0.5, 0.6) is 0 Å². The van der Waals surface area contributed by atoms with Crippen LogP contribution < -0.4 is 10.5 Å². The first-order valence-electron chi connectivity index (χ1n) is 5.70. The Morgan fingerprint density at radius 3 is 2.63 bits per heavy atom. The van der Waals surface area contributed by atoms with E-state index in [0.29, 0.717) is 12.0 Å². The van der Waals surface area contributed by atoms with Gasteiger partial charge in [-0.3, -0.25) is 4.79 Å². The second-order valence-electron chi connectivity index (χ2n) is 4.12. The van der Waals surface area contributed by atoms with Crippen LogP contribution in [0, 0.1) is 19.3 Å². The number of terminal acetylenes is 1. The Morgan fingerprint density at radius 2 is 2.16 bits per heavy atom. The molecule has 3 N–H and O–H groups in total. The summed E-state index contributed by atoms with van der Waals surface area (Å²) in [7, 11) is -3.84. The Morgan fingerprint density at radius 1 is 1.53 bits per heavy atom. The van der Waals surface area contributed by atoms with E-state index in [9.17, 15) is 13.2 Å². The molecule has 0 fully saturated rings. The van der Waals surface area contributed by atoms with Crippen LogP contribution in [0.2, 0.25) is 0 Å². The third-order valence-corrected chi connectivity index (χ3v) is 3.61. The Bertz CT molecular complexity index is 630. The molecule has 1 amide bonds. The predicted molar refractivity (Wildman–Crippen MR) is 72.9 cm³/mol. The van der Waals surface area contributed by atoms with Crippen molar-refractivity contribution in [2.75, 3.05) is 0 Å². The number of hydrogen-bond donors (Lipinski definition) is 2. The van der Waals surface area contributed by atoms with E-state index < -0.39 is 15.9 Å². The molecular weight excluding hydrogens is 264 g/mol. The van der Waals surface area contributed by atoms with Crippen LogP contribution in [-0.4, -0.2) is 20.4 Å². The molecule has 1 aromatic carbocycles. The second-order valence-corrected chi connectivity index (χ2v) is 5.68. The summed E-state index contributed by atoms with van der Waals surface area (Å²) in [5.41, 5.74) is 0.900. The lowest BCUT2D eigenvalue weighted by Gasteiger charge is -2.12. The lowest BCUT2D eigenvalue weighted by Crippen LogP contribution is -2.33. The highest BCUT2D eigenvalue weighted by Crippen LogP contribution is 2.14. The van der Waals surface area contributed by atoms with E-state index in [1.165, 1.54) is 18.2 Å². The highest BCUT2D eigenvalue weighted by atomic mass is 32.2. The molecule has 19 heavy (non-hydrogen) atoms. The molecule has 1 aromatic rings. The lowest BCUT2D eigenvalue weighted by molar-refractivity contribution is 0.0944. The van der Waals surface area contributed by atoms with Crippen molar-refractivity contribution in [3.63, 3.8) is 0 Å². The van der Waals surface area contributed by atoms with E-state index in [-0.39, 0.29) is 16.5 Å². The zero-order chi connectivity index (χ0) is 14.6. The van der Waals surface area contributed by atoms with E-state index in [4.69, 9.17) is 11.6 Å². The molecule has 1 rings (SSSR count). The average Bonchev–Trinajstić information content (AvgIpc) is 2.34. The normalized spacial score (nSPS) is 12.5. The first-order chi connectivity index (χ1) is 8.79. The Hall–Kier alpha value is -1.84. The quantitative estimate of drug-likeness (QED) is 0.799. The Kier molecular flexibility index (Phi) is 4.70. The average molecular weight is 280 g/mol. The van der Waals surface area contributed by atoms with E-state index >= 15 is 0 Å². The summed E-state index contributed by atoms with van der Waals surface area (Å²) in [4.78, 5) is 11.9. The van der Waals surface area contributed by atoms with Crippen LogP contribution in [0.25, 0.3) is 0 Å². The summed E-state index contributed by atoms with van der Waals surface area (Å²) in [5.74, 6) is 2.03. The molecule has 0 heterocycles. The minimum Gasteiger partial charge on any atom is -0.338 e. The van der Waals surface area contributed by atoms with Gasteiger partial charge in [-0.1, -0.05) is 18.9 Å².